The Hall–Kier alpha value is -2.50. The van der Waals surface area contributed by atoms with Gasteiger partial charge in [-0.05, 0) is 25.1 Å². The van der Waals surface area contributed by atoms with Crippen LogP contribution in [0.5, 0.6) is 0 Å². The Morgan fingerprint density at radius 3 is 3.00 bits per heavy atom. The van der Waals surface area contributed by atoms with Crippen LogP contribution in [0.25, 0.3) is 0 Å². The number of nitrogen functional groups attached to an aromatic ring is 1. The monoisotopic (exact) mass is 260 g/mol. The molecule has 0 spiro atoms. The second kappa shape index (κ2) is 5.43. The number of nitrogens with one attached hydrogen (secondary N) is 1. The highest BCUT2D eigenvalue weighted by atomic mass is 16.4. The summed E-state index contributed by atoms with van der Waals surface area (Å²) in [6, 6.07) is 4.77. The molecule has 0 saturated carbocycles. The molecule has 2 aromatic rings. The summed E-state index contributed by atoms with van der Waals surface area (Å²) in [4.78, 5) is 15.1. The maximum absolute atomic E-state index is 11.1. The summed E-state index contributed by atoms with van der Waals surface area (Å²) in [5.74, 6) is -0.975. The van der Waals surface area contributed by atoms with Crippen molar-refractivity contribution < 1.29 is 9.90 Å². The minimum atomic E-state index is -0.975. The van der Waals surface area contributed by atoms with Gasteiger partial charge in [-0.25, -0.2) is 9.78 Å². The Morgan fingerprint density at radius 1 is 1.58 bits per heavy atom. The predicted molar refractivity (Wildman–Crippen MR) is 73.1 cm³/mol. The van der Waals surface area contributed by atoms with Gasteiger partial charge < -0.3 is 20.7 Å². The van der Waals surface area contributed by atoms with E-state index in [-0.39, 0.29) is 11.6 Å². The van der Waals surface area contributed by atoms with E-state index in [0.29, 0.717) is 17.9 Å². The summed E-state index contributed by atoms with van der Waals surface area (Å²) in [7, 11) is 0. The zero-order valence-corrected chi connectivity index (χ0v) is 10.6. The van der Waals surface area contributed by atoms with Crippen LogP contribution in [0.15, 0.2) is 36.9 Å². The largest absolute Gasteiger partial charge is 0.478 e. The smallest absolute Gasteiger partial charge is 0.337 e. The van der Waals surface area contributed by atoms with Crippen molar-refractivity contribution in [2.45, 2.75) is 19.5 Å². The van der Waals surface area contributed by atoms with Gasteiger partial charge in [-0.15, -0.1) is 0 Å². The van der Waals surface area contributed by atoms with Gasteiger partial charge in [0, 0.05) is 30.7 Å². The fourth-order valence-electron chi connectivity index (χ4n) is 1.89. The molecule has 1 aromatic carbocycles. The number of carbonyl (C=O) groups is 1. The number of carboxylic acid groups (broad SMARTS) is 1. The van der Waals surface area contributed by atoms with Crippen molar-refractivity contribution in [1.29, 1.82) is 0 Å². The van der Waals surface area contributed by atoms with Crippen molar-refractivity contribution in [1.82, 2.24) is 9.55 Å². The quantitative estimate of drug-likeness (QED) is 0.711. The van der Waals surface area contributed by atoms with Crippen LogP contribution in [-0.2, 0) is 6.54 Å². The minimum absolute atomic E-state index is 0.0501. The maximum Gasteiger partial charge on any atom is 0.337 e. The summed E-state index contributed by atoms with van der Waals surface area (Å²) < 4.78 is 1.92. The average molecular weight is 260 g/mol. The second-order valence-corrected chi connectivity index (χ2v) is 4.42. The number of benzene rings is 1. The Bertz CT molecular complexity index is 566. The van der Waals surface area contributed by atoms with Crippen LogP contribution >= 0.6 is 0 Å². The molecule has 6 heteroatoms. The van der Waals surface area contributed by atoms with E-state index in [1.807, 2.05) is 17.7 Å². The van der Waals surface area contributed by atoms with Gasteiger partial charge in [0.2, 0.25) is 0 Å². The molecule has 2 rings (SSSR count). The lowest BCUT2D eigenvalue weighted by Gasteiger charge is -2.17. The summed E-state index contributed by atoms with van der Waals surface area (Å²) in [5.41, 5.74) is 6.96. The molecule has 0 fully saturated rings. The van der Waals surface area contributed by atoms with Crippen molar-refractivity contribution in [3.05, 3.63) is 42.5 Å². The van der Waals surface area contributed by atoms with E-state index in [2.05, 4.69) is 10.3 Å². The molecule has 0 amide bonds. The highest BCUT2D eigenvalue weighted by Crippen LogP contribution is 2.20. The van der Waals surface area contributed by atoms with Crippen LogP contribution in [0, 0.1) is 0 Å². The maximum atomic E-state index is 11.1. The summed E-state index contributed by atoms with van der Waals surface area (Å²) in [6.45, 7) is 2.66. The fraction of sp³-hybridized carbons (Fsp3) is 0.231. The standard InChI is InChI=1S/C13H16N4O2/c1-9(7-17-5-4-15-8-17)16-12-6-10(14)2-3-11(12)13(18)19/h2-6,8-9,16H,7,14H2,1H3,(H,18,19). The number of hydrogen-bond acceptors (Lipinski definition) is 4. The summed E-state index contributed by atoms with van der Waals surface area (Å²) >= 11 is 0. The van der Waals surface area contributed by atoms with Crippen LogP contribution in [-0.4, -0.2) is 26.7 Å². The van der Waals surface area contributed by atoms with E-state index in [0.717, 1.165) is 0 Å². The molecule has 1 heterocycles. The first kappa shape index (κ1) is 12.9. The van der Waals surface area contributed by atoms with Gasteiger partial charge in [0.15, 0.2) is 0 Å². The number of nitrogens with zero attached hydrogens (tertiary/aromatic N) is 2. The van der Waals surface area contributed by atoms with Crippen LogP contribution in [0.2, 0.25) is 0 Å². The number of nitrogens with two attached hydrogens (primary N) is 1. The number of hydrogen-bond donors (Lipinski definition) is 3. The normalized spacial score (nSPS) is 12.1. The summed E-state index contributed by atoms with van der Waals surface area (Å²) in [6.07, 6.45) is 5.28. The third-order valence-corrected chi connectivity index (χ3v) is 2.72. The zero-order valence-electron chi connectivity index (χ0n) is 10.6. The zero-order chi connectivity index (χ0) is 13.8. The molecule has 0 saturated heterocycles. The van der Waals surface area contributed by atoms with E-state index >= 15 is 0 Å². The Kier molecular flexibility index (Phi) is 3.70. The third kappa shape index (κ3) is 3.25. The second-order valence-electron chi connectivity index (χ2n) is 4.42. The molecule has 0 radical (unpaired) electrons. The fourth-order valence-corrected chi connectivity index (χ4v) is 1.89. The molecular weight excluding hydrogens is 244 g/mol. The predicted octanol–water partition coefficient (Wildman–Crippen LogP) is 1.66. The average Bonchev–Trinajstić information content (AvgIpc) is 2.81. The van der Waals surface area contributed by atoms with Crippen molar-refractivity contribution in [3.63, 3.8) is 0 Å². The van der Waals surface area contributed by atoms with Crippen molar-refractivity contribution >= 4 is 17.3 Å². The number of anilines is 2. The van der Waals surface area contributed by atoms with Gasteiger partial charge in [-0.3, -0.25) is 0 Å². The number of carboxylic acids is 1. The number of imidazole rings is 1. The first-order valence-electron chi connectivity index (χ1n) is 5.91. The van der Waals surface area contributed by atoms with E-state index in [1.165, 1.54) is 6.07 Å². The topological polar surface area (TPSA) is 93.2 Å². The lowest BCUT2D eigenvalue weighted by Crippen LogP contribution is -2.22. The van der Waals surface area contributed by atoms with E-state index < -0.39 is 5.97 Å². The van der Waals surface area contributed by atoms with Crippen molar-refractivity contribution in [2.24, 2.45) is 0 Å². The highest BCUT2D eigenvalue weighted by Gasteiger charge is 2.12. The number of aromatic nitrogens is 2. The van der Waals surface area contributed by atoms with Gasteiger partial charge in [0.25, 0.3) is 0 Å². The van der Waals surface area contributed by atoms with E-state index in [4.69, 9.17) is 10.8 Å². The molecular formula is C13H16N4O2. The lowest BCUT2D eigenvalue weighted by atomic mass is 10.1. The Morgan fingerprint density at radius 2 is 2.37 bits per heavy atom. The molecule has 0 bridgehead atoms. The van der Waals surface area contributed by atoms with Crippen LogP contribution in [0.1, 0.15) is 17.3 Å². The molecule has 19 heavy (non-hydrogen) atoms. The van der Waals surface area contributed by atoms with Gasteiger partial charge in [-0.1, -0.05) is 0 Å². The molecule has 0 aliphatic rings. The van der Waals surface area contributed by atoms with Gasteiger partial charge in [-0.2, -0.15) is 0 Å². The summed E-state index contributed by atoms with van der Waals surface area (Å²) in [5, 5.41) is 12.3. The van der Waals surface area contributed by atoms with Crippen LogP contribution in [0.3, 0.4) is 0 Å². The van der Waals surface area contributed by atoms with Gasteiger partial charge in [0.05, 0.1) is 17.6 Å². The molecule has 4 N–H and O–H groups in total. The van der Waals surface area contributed by atoms with Gasteiger partial charge in [0.1, 0.15) is 0 Å². The van der Waals surface area contributed by atoms with Gasteiger partial charge >= 0.3 is 5.97 Å². The molecule has 6 nitrogen and oxygen atoms in total. The Labute approximate surface area is 110 Å². The van der Waals surface area contributed by atoms with E-state index in [1.54, 1.807) is 24.7 Å². The first-order valence-corrected chi connectivity index (χ1v) is 5.91. The number of rotatable bonds is 5. The molecule has 1 unspecified atom stereocenters. The third-order valence-electron chi connectivity index (χ3n) is 2.72. The molecule has 1 atom stereocenters. The molecule has 100 valence electrons. The molecule has 1 aromatic heterocycles. The van der Waals surface area contributed by atoms with E-state index in [9.17, 15) is 4.79 Å². The molecule has 0 aliphatic heterocycles. The lowest BCUT2D eigenvalue weighted by molar-refractivity contribution is 0.0698. The van der Waals surface area contributed by atoms with Crippen LogP contribution in [0.4, 0.5) is 11.4 Å². The first-order chi connectivity index (χ1) is 9.06. The number of aromatic carboxylic acids is 1. The van der Waals surface area contributed by atoms with Crippen LogP contribution < -0.4 is 11.1 Å². The Balaban J connectivity index is 2.13. The SMILES string of the molecule is CC(Cn1ccnc1)Nc1cc(N)ccc1C(=O)O. The van der Waals surface area contributed by atoms with Crippen molar-refractivity contribution in [3.8, 4) is 0 Å². The molecule has 0 aliphatic carbocycles. The minimum Gasteiger partial charge on any atom is -0.478 e. The van der Waals surface area contributed by atoms with Crippen molar-refractivity contribution in [2.75, 3.05) is 11.1 Å². The highest BCUT2D eigenvalue weighted by molar-refractivity contribution is 5.95.